The van der Waals surface area contributed by atoms with Gasteiger partial charge in [-0.3, -0.25) is 0 Å². The fraction of sp³-hybridized carbons (Fsp3) is 0.400. The van der Waals surface area contributed by atoms with Gasteiger partial charge in [0.15, 0.2) is 0 Å². The Morgan fingerprint density at radius 3 is 1.71 bits per heavy atom. The van der Waals surface area contributed by atoms with Crippen molar-refractivity contribution in [3.63, 3.8) is 0 Å². The zero-order chi connectivity index (χ0) is 11.9. The second kappa shape index (κ2) is 10.2. The van der Waals surface area contributed by atoms with Crippen LogP contribution < -0.4 is 11.2 Å². The van der Waals surface area contributed by atoms with Crippen molar-refractivity contribution in [2.24, 2.45) is 5.73 Å². The Morgan fingerprint density at radius 2 is 1.41 bits per heavy atom. The maximum atomic E-state index is 10.1. The summed E-state index contributed by atoms with van der Waals surface area (Å²) in [5.74, 6) is 0. The molecule has 1 aromatic carbocycles. The minimum absolute atomic E-state index is 0. The van der Waals surface area contributed by atoms with Crippen molar-refractivity contribution < 1.29 is 19.4 Å². The fourth-order valence-electron chi connectivity index (χ4n) is 0.643. The monoisotopic (exact) mass is 261 g/mol. The van der Waals surface area contributed by atoms with Gasteiger partial charge in [0.2, 0.25) is 0 Å². The summed E-state index contributed by atoms with van der Waals surface area (Å²) < 4.78 is 20.2. The molecule has 0 fully saturated rings. The number of benzene rings is 1. The van der Waals surface area contributed by atoms with Crippen LogP contribution >= 0.6 is 0 Å². The fourth-order valence-corrected chi connectivity index (χ4v) is 1.02. The van der Waals surface area contributed by atoms with Crippen LogP contribution in [-0.4, -0.2) is 31.1 Å². The van der Waals surface area contributed by atoms with Gasteiger partial charge in [-0.1, -0.05) is 0 Å². The number of nitrogens with two attached hydrogens (primary N) is 1. The second-order valence-electron chi connectivity index (χ2n) is 4.16. The van der Waals surface area contributed by atoms with Gasteiger partial charge in [-0.15, -0.1) is 0 Å². The molecule has 0 spiro atoms. The first kappa shape index (κ1) is 21.3. The molecule has 0 aliphatic rings. The first-order chi connectivity index (χ1) is 6.79. The van der Waals surface area contributed by atoms with Crippen molar-refractivity contribution in [2.75, 3.05) is 0 Å². The second-order valence-corrected chi connectivity index (χ2v) is 4.91. The van der Waals surface area contributed by atoms with Crippen LogP contribution in [0.25, 0.3) is 0 Å². The van der Waals surface area contributed by atoms with Crippen molar-refractivity contribution in [1.29, 1.82) is 0 Å². The van der Waals surface area contributed by atoms with Crippen LogP contribution in [-0.2, 0) is 10.1 Å². The molecule has 6 N–H and O–H groups in total. The Hall–Kier alpha value is -1.02. The van der Waals surface area contributed by atoms with Crippen LogP contribution in [0.4, 0.5) is 0 Å². The summed E-state index contributed by atoms with van der Waals surface area (Å²) >= 11 is 0. The number of hydrogen-bond acceptors (Lipinski definition) is 3. The molecule has 0 unspecified atom stereocenters. The molecule has 0 saturated heterocycles. The third-order valence-corrected chi connectivity index (χ3v) is 1.50. The summed E-state index contributed by atoms with van der Waals surface area (Å²) in [6.07, 6.45) is 1.17. The van der Waals surface area contributed by atoms with Gasteiger partial charge in [-0.25, -0.2) is 0 Å². The molecule has 0 bridgehead atoms. The number of hydrogen-bond donors (Lipinski definition) is 1. The van der Waals surface area contributed by atoms with E-state index >= 15 is 0 Å². The van der Waals surface area contributed by atoms with E-state index in [0.717, 1.165) is 0 Å². The van der Waals surface area contributed by atoms with Gasteiger partial charge in [0.1, 0.15) is 0 Å². The van der Waals surface area contributed by atoms with E-state index in [1.165, 1.54) is 6.15 Å². The third-order valence-electron chi connectivity index (χ3n) is 1.03. The normalized spacial score (nSPS) is 8.47. The van der Waals surface area contributed by atoms with Gasteiger partial charge in [0.25, 0.3) is 0 Å². The predicted octanol–water partition coefficient (Wildman–Crippen LogP) is -1.10. The molecule has 7 heteroatoms. The van der Waals surface area contributed by atoms with Crippen LogP contribution in [0.15, 0.2) is 30.3 Å². The molecule has 0 heterocycles. The molecule has 0 aliphatic carbocycles. The molecule has 17 heavy (non-hydrogen) atoms. The van der Waals surface area contributed by atoms with Gasteiger partial charge < -0.3 is 16.7 Å². The van der Waals surface area contributed by atoms with E-state index in [4.69, 9.17) is 5.73 Å². The topological polar surface area (TPSA) is 123 Å². The third kappa shape index (κ3) is 20.9. The van der Waals surface area contributed by atoms with Crippen LogP contribution in [0.1, 0.15) is 20.8 Å². The van der Waals surface area contributed by atoms with Crippen molar-refractivity contribution in [3.8, 4) is 0 Å². The zero-order valence-corrected chi connectivity index (χ0v) is 11.1. The van der Waals surface area contributed by atoms with E-state index in [0.29, 0.717) is 5.46 Å². The standard InChI is InChI=1S/C6H5BO2S.C4H11N.2H2O/c8-10(9)7-6-4-2-1-3-5-6;1-4(2,3)5;;/h1-5H;5H2,1-3H3;2*1H2. The first-order valence-electron chi connectivity index (χ1n) is 4.56. The molecule has 5 nitrogen and oxygen atoms in total. The Labute approximate surface area is 104 Å². The van der Waals surface area contributed by atoms with Crippen LogP contribution in [0.5, 0.6) is 0 Å². The van der Waals surface area contributed by atoms with E-state index in [1.807, 2.05) is 26.8 Å². The molecule has 98 valence electrons. The molecule has 1 aromatic rings. The summed E-state index contributed by atoms with van der Waals surface area (Å²) in [5, 5.41) is 0. The molecular weight excluding hydrogens is 241 g/mol. The summed E-state index contributed by atoms with van der Waals surface area (Å²) in [4.78, 5) is 0. The van der Waals surface area contributed by atoms with E-state index < -0.39 is 10.1 Å². The SMILES string of the molecule is CC(C)(C)N.O.O.O=S(=O)=Bc1ccccc1. The Balaban J connectivity index is -0.000000247. The first-order valence-corrected chi connectivity index (χ1v) is 5.70. The molecule has 1 rings (SSSR count). The number of rotatable bonds is 1. The molecule has 0 atom stereocenters. The average Bonchev–Trinajstić information content (AvgIpc) is 2.01. The van der Waals surface area contributed by atoms with E-state index in [2.05, 4.69) is 0 Å². The van der Waals surface area contributed by atoms with Crippen LogP contribution in [0.2, 0.25) is 0 Å². The van der Waals surface area contributed by atoms with Crippen LogP contribution in [0, 0.1) is 0 Å². The van der Waals surface area contributed by atoms with Gasteiger partial charge in [0.05, 0.1) is 0 Å². The van der Waals surface area contributed by atoms with Crippen molar-refractivity contribution >= 4 is 21.7 Å². The van der Waals surface area contributed by atoms with Crippen LogP contribution in [0.3, 0.4) is 0 Å². The van der Waals surface area contributed by atoms with Crippen molar-refractivity contribution in [2.45, 2.75) is 26.3 Å². The van der Waals surface area contributed by atoms with Gasteiger partial charge in [-0.2, -0.15) is 0 Å². The van der Waals surface area contributed by atoms with E-state index in [9.17, 15) is 8.42 Å². The molecule has 0 amide bonds. The Morgan fingerprint density at radius 1 is 1.06 bits per heavy atom. The quantitative estimate of drug-likeness (QED) is 0.645. The van der Waals surface area contributed by atoms with Crippen molar-refractivity contribution in [3.05, 3.63) is 30.3 Å². The Kier molecular flexibility index (Phi) is 12.7. The summed E-state index contributed by atoms with van der Waals surface area (Å²) in [7, 11) is -2.09. The predicted molar refractivity (Wildman–Crippen MR) is 71.9 cm³/mol. The Bertz CT molecular complexity index is 398. The summed E-state index contributed by atoms with van der Waals surface area (Å²) in [6.45, 7) is 5.90. The molecule has 0 aliphatic heterocycles. The van der Waals surface area contributed by atoms with Gasteiger partial charge in [0, 0.05) is 5.54 Å². The molecule has 0 saturated carbocycles. The summed E-state index contributed by atoms with van der Waals surface area (Å²) in [6, 6.07) is 8.88. The van der Waals surface area contributed by atoms with Gasteiger partial charge >= 0.3 is 60.5 Å². The molecule has 0 radical (unpaired) electrons. The zero-order valence-electron chi connectivity index (χ0n) is 10.3. The van der Waals surface area contributed by atoms with E-state index in [1.54, 1.807) is 24.3 Å². The summed E-state index contributed by atoms with van der Waals surface area (Å²) in [5.41, 5.74) is 6.06. The van der Waals surface area contributed by atoms with E-state index in [-0.39, 0.29) is 16.5 Å². The van der Waals surface area contributed by atoms with Crippen molar-refractivity contribution in [1.82, 2.24) is 0 Å². The maximum absolute atomic E-state index is 10.1. The molecular formula is C10H20BNO4S. The minimum atomic E-state index is -2.09. The molecule has 0 aromatic heterocycles. The van der Waals surface area contributed by atoms with Gasteiger partial charge in [-0.05, 0) is 20.8 Å². The average molecular weight is 261 g/mol.